The minimum Gasteiger partial charge on any atom is -0.473 e. The fourth-order valence-electron chi connectivity index (χ4n) is 5.01. The summed E-state index contributed by atoms with van der Waals surface area (Å²) in [5, 5.41) is 39.2. The molecule has 2 atom stereocenters. The van der Waals surface area contributed by atoms with Crippen LogP contribution in [0.4, 0.5) is 10.5 Å². The van der Waals surface area contributed by atoms with Gasteiger partial charge in [0, 0.05) is 49.4 Å². The van der Waals surface area contributed by atoms with Gasteiger partial charge in [0.15, 0.2) is 5.65 Å². The maximum atomic E-state index is 13.5. The molecular formula is C29H31ClN6O6. The van der Waals surface area contributed by atoms with Crippen molar-refractivity contribution in [3.8, 4) is 17.0 Å². The summed E-state index contributed by atoms with van der Waals surface area (Å²) in [4.78, 5) is 33.4. The Hall–Kier alpha value is -4.39. The van der Waals surface area contributed by atoms with Crippen molar-refractivity contribution in [2.45, 2.75) is 18.6 Å². The molecule has 220 valence electrons. The van der Waals surface area contributed by atoms with Gasteiger partial charge in [-0.05, 0) is 23.3 Å². The molecule has 1 aliphatic heterocycles. The highest BCUT2D eigenvalue weighted by molar-refractivity contribution is 6.30. The van der Waals surface area contributed by atoms with Gasteiger partial charge in [-0.1, -0.05) is 54.1 Å². The van der Waals surface area contributed by atoms with Gasteiger partial charge in [-0.3, -0.25) is 9.89 Å². The van der Waals surface area contributed by atoms with Gasteiger partial charge < -0.3 is 35.2 Å². The fourth-order valence-corrected chi connectivity index (χ4v) is 5.14. The van der Waals surface area contributed by atoms with Crippen LogP contribution in [-0.2, 0) is 11.2 Å². The third kappa shape index (κ3) is 6.56. The van der Waals surface area contributed by atoms with E-state index in [-0.39, 0.29) is 24.8 Å². The number of hydrogen-bond donors (Lipinski definition) is 5. The molecule has 0 spiro atoms. The second-order valence-corrected chi connectivity index (χ2v) is 10.4. The van der Waals surface area contributed by atoms with Gasteiger partial charge in [0.25, 0.3) is 0 Å². The van der Waals surface area contributed by atoms with E-state index in [1.807, 2.05) is 30.3 Å². The molecule has 2 aromatic carbocycles. The van der Waals surface area contributed by atoms with E-state index in [9.17, 15) is 24.9 Å². The number of aliphatic hydroxyl groups is 2. The van der Waals surface area contributed by atoms with Crippen LogP contribution in [0.1, 0.15) is 5.56 Å². The van der Waals surface area contributed by atoms with Crippen molar-refractivity contribution in [1.29, 1.82) is 0 Å². The zero-order valence-electron chi connectivity index (χ0n) is 22.6. The number of carbonyl (C=O) groups excluding carboxylic acids is 1. The molecule has 4 aromatic rings. The minimum absolute atomic E-state index is 0.153. The van der Waals surface area contributed by atoms with Crippen LogP contribution in [0.2, 0.25) is 5.02 Å². The molecule has 13 heteroatoms. The van der Waals surface area contributed by atoms with Gasteiger partial charge in [0.05, 0.1) is 12.3 Å². The molecule has 2 aromatic heterocycles. The molecule has 1 saturated heterocycles. The van der Waals surface area contributed by atoms with E-state index in [1.54, 1.807) is 35.4 Å². The molecule has 0 unspecified atom stereocenters. The van der Waals surface area contributed by atoms with Crippen molar-refractivity contribution in [3.05, 3.63) is 71.4 Å². The molecule has 0 saturated carbocycles. The van der Waals surface area contributed by atoms with Crippen molar-refractivity contribution >= 4 is 40.3 Å². The molecule has 3 heterocycles. The van der Waals surface area contributed by atoms with E-state index in [4.69, 9.17) is 16.3 Å². The predicted octanol–water partition coefficient (Wildman–Crippen LogP) is 2.54. The molecule has 12 nitrogen and oxygen atoms in total. The summed E-state index contributed by atoms with van der Waals surface area (Å²) in [6, 6.07) is 15.7. The number of benzene rings is 2. The normalized spacial score (nSPS) is 14.9. The number of halogens is 1. The van der Waals surface area contributed by atoms with E-state index >= 15 is 0 Å². The van der Waals surface area contributed by atoms with Crippen LogP contribution in [0.3, 0.4) is 0 Å². The summed E-state index contributed by atoms with van der Waals surface area (Å²) in [5.74, 6) is -0.0644. The lowest BCUT2D eigenvalue weighted by Crippen LogP contribution is -2.55. The highest BCUT2D eigenvalue weighted by Gasteiger charge is 2.31. The topological polar surface area (TPSA) is 164 Å². The zero-order chi connectivity index (χ0) is 29.6. The lowest BCUT2D eigenvalue weighted by molar-refractivity contribution is -0.133. The van der Waals surface area contributed by atoms with Crippen LogP contribution >= 0.6 is 11.6 Å². The molecule has 42 heavy (non-hydrogen) atoms. The van der Waals surface area contributed by atoms with Crippen molar-refractivity contribution in [3.63, 3.8) is 0 Å². The van der Waals surface area contributed by atoms with Crippen molar-refractivity contribution < 1.29 is 29.6 Å². The maximum absolute atomic E-state index is 13.5. The van der Waals surface area contributed by atoms with Crippen molar-refractivity contribution in [1.82, 2.24) is 25.4 Å². The summed E-state index contributed by atoms with van der Waals surface area (Å²) in [5.41, 5.74) is 3.85. The molecule has 0 aliphatic carbocycles. The average Bonchev–Trinajstić information content (AvgIpc) is 3.43. The molecule has 0 radical (unpaired) electrons. The van der Waals surface area contributed by atoms with Gasteiger partial charge >= 0.3 is 6.09 Å². The minimum atomic E-state index is -1.27. The number of anilines is 1. The molecule has 5 rings (SSSR count). The largest absolute Gasteiger partial charge is 0.473 e. The Morgan fingerprint density at radius 3 is 2.45 bits per heavy atom. The Labute approximate surface area is 246 Å². The number of ether oxygens (including phenoxy) is 1. The summed E-state index contributed by atoms with van der Waals surface area (Å²) in [6.45, 7) is 1.01. The number of rotatable bonds is 10. The third-order valence-corrected chi connectivity index (χ3v) is 7.35. The third-order valence-electron chi connectivity index (χ3n) is 7.09. The lowest BCUT2D eigenvalue weighted by atomic mass is 10.0. The first kappa shape index (κ1) is 29.1. The smallest absolute Gasteiger partial charge is 0.405 e. The van der Waals surface area contributed by atoms with Crippen LogP contribution in [0.5, 0.6) is 5.88 Å². The first-order valence-corrected chi connectivity index (χ1v) is 13.8. The highest BCUT2D eigenvalue weighted by Crippen LogP contribution is 2.40. The number of carboxylic acid groups (broad SMARTS) is 1. The number of piperazine rings is 1. The Bertz CT molecular complexity index is 1530. The molecule has 5 N–H and O–H groups in total. The molecule has 2 amide bonds. The fraction of sp³-hybridized carbons (Fsp3) is 0.310. The predicted molar refractivity (Wildman–Crippen MR) is 157 cm³/mol. The molecule has 1 aliphatic rings. The summed E-state index contributed by atoms with van der Waals surface area (Å²) < 4.78 is 5.77. The Morgan fingerprint density at radius 1 is 1.07 bits per heavy atom. The number of nitrogens with one attached hydrogen (secondary N) is 2. The van der Waals surface area contributed by atoms with Crippen LogP contribution in [0.25, 0.3) is 22.2 Å². The van der Waals surface area contributed by atoms with Gasteiger partial charge in [0.1, 0.15) is 24.1 Å². The van der Waals surface area contributed by atoms with Gasteiger partial charge in [-0.15, -0.1) is 5.10 Å². The van der Waals surface area contributed by atoms with Crippen molar-refractivity contribution in [2.24, 2.45) is 0 Å². The second kappa shape index (κ2) is 13.1. The standard InChI is InChI=1S/C29H31ClN6O6/c30-20-8-6-18(7-9-20)14-23(32-29(40)41)28(39)36-12-10-35(11-13-36)25-22(19-4-2-1-3-5-19)15-31-26-24(25)27(34-33-26)42-17-21(38)16-37/h1-9,15,21,23,32,37-38H,10-14,16-17H2,(H,40,41)(H,31,33,34)/t21-,23-/m1/s1. The monoisotopic (exact) mass is 594 g/mol. The number of aliphatic hydroxyl groups excluding tert-OH is 2. The average molecular weight is 595 g/mol. The Morgan fingerprint density at radius 2 is 1.79 bits per heavy atom. The number of carbonyl (C=O) groups is 2. The summed E-state index contributed by atoms with van der Waals surface area (Å²) in [7, 11) is 0. The Kier molecular flexibility index (Phi) is 9.06. The number of nitrogens with zero attached hydrogens (tertiary/aromatic N) is 4. The number of H-pyrrole nitrogens is 1. The highest BCUT2D eigenvalue weighted by atomic mass is 35.5. The number of amides is 2. The van der Waals surface area contributed by atoms with Crippen LogP contribution in [0, 0.1) is 0 Å². The lowest BCUT2D eigenvalue weighted by Gasteiger charge is -2.38. The number of hydrogen-bond acceptors (Lipinski definition) is 8. The van der Waals surface area contributed by atoms with E-state index in [2.05, 4.69) is 25.4 Å². The number of fused-ring (bicyclic) bond motifs is 1. The van der Waals surface area contributed by atoms with Crippen LogP contribution in [-0.4, -0.2) is 98.9 Å². The quantitative estimate of drug-likeness (QED) is 0.185. The molecule has 0 bridgehead atoms. The van der Waals surface area contributed by atoms with Crippen molar-refractivity contribution in [2.75, 3.05) is 44.3 Å². The van der Waals surface area contributed by atoms with Gasteiger partial charge in [-0.25, -0.2) is 9.78 Å². The SMILES string of the molecule is O=C(O)N[C@H](Cc1ccc(Cl)cc1)C(=O)N1CCN(c2c(-c3ccccc3)cnc3[nH]nc(OC[C@H](O)CO)c23)CC1. The van der Waals surface area contributed by atoms with E-state index < -0.39 is 24.8 Å². The van der Waals surface area contributed by atoms with E-state index in [1.165, 1.54) is 0 Å². The Balaban J connectivity index is 1.41. The van der Waals surface area contributed by atoms with Crippen LogP contribution in [0.15, 0.2) is 60.8 Å². The van der Waals surface area contributed by atoms with Gasteiger partial charge in [0.2, 0.25) is 11.8 Å². The number of aromatic nitrogens is 3. The van der Waals surface area contributed by atoms with E-state index in [0.29, 0.717) is 42.2 Å². The zero-order valence-corrected chi connectivity index (χ0v) is 23.4. The summed E-state index contributed by atoms with van der Waals surface area (Å²) in [6.07, 6.45) is -0.388. The van der Waals surface area contributed by atoms with Gasteiger partial charge in [-0.2, -0.15) is 0 Å². The first-order valence-electron chi connectivity index (χ1n) is 13.5. The maximum Gasteiger partial charge on any atom is 0.405 e. The number of aromatic amines is 1. The van der Waals surface area contributed by atoms with Crippen LogP contribution < -0.4 is 15.0 Å². The number of pyridine rings is 1. The van der Waals surface area contributed by atoms with E-state index in [0.717, 1.165) is 22.4 Å². The molecular weight excluding hydrogens is 564 g/mol. The molecule has 1 fully saturated rings. The summed E-state index contributed by atoms with van der Waals surface area (Å²) >= 11 is 5.98. The second-order valence-electron chi connectivity index (χ2n) is 9.93. The first-order chi connectivity index (χ1) is 20.3.